The fourth-order valence-corrected chi connectivity index (χ4v) is 2.46. The molecule has 19 heavy (non-hydrogen) atoms. The highest BCUT2D eigenvalue weighted by Crippen LogP contribution is 2.14. The van der Waals surface area contributed by atoms with Crippen LogP contribution in [0.25, 0.3) is 0 Å². The van der Waals surface area contributed by atoms with Crippen molar-refractivity contribution in [1.29, 1.82) is 0 Å². The van der Waals surface area contributed by atoms with E-state index < -0.39 is 0 Å². The average Bonchev–Trinajstić information content (AvgIpc) is 2.63. The Kier molecular flexibility index (Phi) is 4.56. The van der Waals surface area contributed by atoms with Crippen LogP contribution in [0.4, 0.5) is 5.69 Å². The van der Waals surface area contributed by atoms with E-state index in [9.17, 15) is 9.90 Å². The number of nitrogens with zero attached hydrogens (tertiary/aromatic N) is 2. The minimum atomic E-state index is -0.323. The van der Waals surface area contributed by atoms with E-state index in [1.54, 1.807) is 12.1 Å². The fraction of sp³-hybridized carbons (Fsp3) is 0.533. The maximum absolute atomic E-state index is 11.9. The van der Waals surface area contributed by atoms with Crippen LogP contribution in [-0.2, 0) is 0 Å². The quantitative estimate of drug-likeness (QED) is 0.880. The van der Waals surface area contributed by atoms with Gasteiger partial charge < -0.3 is 10.0 Å². The van der Waals surface area contributed by atoms with Gasteiger partial charge in [-0.1, -0.05) is 18.2 Å². The Labute approximate surface area is 114 Å². The highest BCUT2D eigenvalue weighted by molar-refractivity contribution is 5.45. The van der Waals surface area contributed by atoms with E-state index in [2.05, 4.69) is 9.80 Å². The lowest BCUT2D eigenvalue weighted by Crippen LogP contribution is -2.52. The van der Waals surface area contributed by atoms with Crippen molar-refractivity contribution in [1.82, 2.24) is 4.90 Å². The maximum Gasteiger partial charge on any atom is 0.201 e. The van der Waals surface area contributed by atoms with Gasteiger partial charge in [0.15, 0.2) is 0 Å². The van der Waals surface area contributed by atoms with E-state index in [0.29, 0.717) is 0 Å². The molecule has 0 saturated carbocycles. The summed E-state index contributed by atoms with van der Waals surface area (Å²) in [5.41, 5.74) is 0.844. The van der Waals surface area contributed by atoms with Gasteiger partial charge in [0.25, 0.3) is 0 Å². The molecule has 2 atom stereocenters. The second kappa shape index (κ2) is 6.17. The summed E-state index contributed by atoms with van der Waals surface area (Å²) in [5.74, 6) is 0. The molecular formula is C15H22N2O2. The first kappa shape index (κ1) is 14.0. The summed E-state index contributed by atoms with van der Waals surface area (Å²) < 4.78 is 0. The maximum atomic E-state index is 11.9. The van der Waals surface area contributed by atoms with Crippen molar-refractivity contribution in [3.8, 4) is 0 Å². The molecule has 0 aliphatic carbocycles. The van der Waals surface area contributed by atoms with Crippen molar-refractivity contribution in [2.24, 2.45) is 0 Å². The van der Waals surface area contributed by atoms with Gasteiger partial charge in [-0.2, -0.15) is 0 Å². The minimum absolute atomic E-state index is 0.0713. The number of rotatable bonds is 3. The Hall–Kier alpha value is -1.39. The molecule has 0 unspecified atom stereocenters. The topological polar surface area (TPSA) is 43.8 Å². The third kappa shape index (κ3) is 3.33. The summed E-state index contributed by atoms with van der Waals surface area (Å²) in [6.45, 7) is 7.28. The predicted molar refractivity (Wildman–Crippen MR) is 77.6 cm³/mol. The average molecular weight is 262 g/mol. The minimum Gasteiger partial charge on any atom is -0.392 e. The third-order valence-corrected chi connectivity index (χ3v) is 3.91. The monoisotopic (exact) mass is 262 g/mol. The molecule has 1 saturated heterocycles. The molecule has 1 N–H and O–H groups in total. The van der Waals surface area contributed by atoms with Gasteiger partial charge in [0.1, 0.15) is 0 Å². The van der Waals surface area contributed by atoms with Gasteiger partial charge in [-0.05, 0) is 26.0 Å². The van der Waals surface area contributed by atoms with Crippen molar-refractivity contribution >= 4 is 5.69 Å². The molecule has 1 aliphatic rings. The van der Waals surface area contributed by atoms with Crippen LogP contribution >= 0.6 is 0 Å². The van der Waals surface area contributed by atoms with Gasteiger partial charge in [0, 0.05) is 32.2 Å². The smallest absolute Gasteiger partial charge is 0.201 e. The third-order valence-electron chi connectivity index (χ3n) is 3.91. The molecule has 2 rings (SSSR count). The van der Waals surface area contributed by atoms with Crippen LogP contribution in [-0.4, -0.2) is 48.3 Å². The van der Waals surface area contributed by atoms with Crippen LogP contribution < -0.4 is 10.3 Å². The van der Waals surface area contributed by atoms with Crippen molar-refractivity contribution in [2.45, 2.75) is 26.0 Å². The first-order valence-electron chi connectivity index (χ1n) is 6.86. The highest BCUT2D eigenvalue weighted by atomic mass is 16.3. The molecule has 1 aliphatic heterocycles. The summed E-state index contributed by atoms with van der Waals surface area (Å²) in [6.07, 6.45) is -0.323. The predicted octanol–water partition coefficient (Wildman–Crippen LogP) is 0.938. The standard InChI is InChI=1S/C15H22N2O2/c1-12(13(2)18)16-8-10-17(11-9-16)14-6-4-3-5-7-15(14)19/h3-7,12-13,18H,8-11H2,1-2H3/t12-,13-/m1/s1. The van der Waals surface area contributed by atoms with Crippen molar-refractivity contribution in [3.63, 3.8) is 0 Å². The lowest BCUT2D eigenvalue weighted by atomic mass is 10.1. The van der Waals surface area contributed by atoms with Crippen molar-refractivity contribution in [2.75, 3.05) is 31.1 Å². The first-order valence-corrected chi connectivity index (χ1v) is 6.86. The molecule has 0 bridgehead atoms. The Bertz CT molecular complexity index is 468. The zero-order valence-corrected chi connectivity index (χ0v) is 11.6. The van der Waals surface area contributed by atoms with Gasteiger partial charge >= 0.3 is 0 Å². The van der Waals surface area contributed by atoms with Crippen LogP contribution in [0, 0.1) is 0 Å². The number of anilines is 1. The van der Waals surface area contributed by atoms with E-state index in [4.69, 9.17) is 0 Å². The van der Waals surface area contributed by atoms with Gasteiger partial charge in [-0.15, -0.1) is 0 Å². The van der Waals surface area contributed by atoms with E-state index in [1.807, 2.05) is 32.0 Å². The molecule has 0 amide bonds. The highest BCUT2D eigenvalue weighted by Gasteiger charge is 2.24. The molecule has 1 heterocycles. The first-order chi connectivity index (χ1) is 9.09. The van der Waals surface area contributed by atoms with Crippen molar-refractivity contribution in [3.05, 3.63) is 40.6 Å². The van der Waals surface area contributed by atoms with Gasteiger partial charge in [0.05, 0.1) is 11.8 Å². The Morgan fingerprint density at radius 2 is 1.68 bits per heavy atom. The summed E-state index contributed by atoms with van der Waals surface area (Å²) in [7, 11) is 0. The normalized spacial score (nSPS) is 20.1. The molecule has 1 aromatic rings. The second-order valence-electron chi connectivity index (χ2n) is 5.16. The zero-order valence-electron chi connectivity index (χ0n) is 11.6. The van der Waals surface area contributed by atoms with Crippen LogP contribution in [0.15, 0.2) is 35.1 Å². The molecule has 0 aromatic heterocycles. The SMILES string of the molecule is C[C@H]([C@@H](C)O)N1CCN(c2cccccc2=O)CC1. The molecule has 1 fully saturated rings. The molecule has 4 nitrogen and oxygen atoms in total. The zero-order chi connectivity index (χ0) is 13.8. The summed E-state index contributed by atoms with van der Waals surface area (Å²) in [6, 6.07) is 9.21. The molecule has 4 heteroatoms. The van der Waals surface area contributed by atoms with E-state index >= 15 is 0 Å². The van der Waals surface area contributed by atoms with Crippen LogP contribution in [0.3, 0.4) is 0 Å². The summed E-state index contributed by atoms with van der Waals surface area (Å²) in [4.78, 5) is 16.4. The Balaban J connectivity index is 2.05. The Morgan fingerprint density at radius 1 is 1.05 bits per heavy atom. The van der Waals surface area contributed by atoms with Gasteiger partial charge in [-0.3, -0.25) is 9.69 Å². The van der Waals surface area contributed by atoms with E-state index in [1.165, 1.54) is 0 Å². The van der Waals surface area contributed by atoms with E-state index in [-0.39, 0.29) is 17.6 Å². The summed E-state index contributed by atoms with van der Waals surface area (Å²) in [5, 5.41) is 9.63. The number of hydrogen-bond acceptors (Lipinski definition) is 4. The molecule has 104 valence electrons. The van der Waals surface area contributed by atoms with Crippen molar-refractivity contribution < 1.29 is 5.11 Å². The largest absolute Gasteiger partial charge is 0.392 e. The van der Waals surface area contributed by atoms with E-state index in [0.717, 1.165) is 31.9 Å². The second-order valence-corrected chi connectivity index (χ2v) is 5.16. The number of aliphatic hydroxyl groups excluding tert-OH is 1. The Morgan fingerprint density at radius 3 is 2.32 bits per heavy atom. The van der Waals surface area contributed by atoms with Gasteiger partial charge in [0.2, 0.25) is 5.43 Å². The van der Waals surface area contributed by atoms with Crippen LogP contribution in [0.1, 0.15) is 13.8 Å². The molecular weight excluding hydrogens is 240 g/mol. The number of hydrogen-bond donors (Lipinski definition) is 1. The summed E-state index contributed by atoms with van der Waals surface area (Å²) >= 11 is 0. The lowest BCUT2D eigenvalue weighted by molar-refractivity contribution is 0.0672. The lowest BCUT2D eigenvalue weighted by Gasteiger charge is -2.39. The molecule has 1 aromatic carbocycles. The van der Waals surface area contributed by atoms with Crippen LogP contribution in [0.5, 0.6) is 0 Å². The van der Waals surface area contributed by atoms with Crippen LogP contribution in [0.2, 0.25) is 0 Å². The number of aliphatic hydroxyl groups is 1. The number of piperazine rings is 1. The fourth-order valence-electron chi connectivity index (χ4n) is 2.46. The molecule has 0 radical (unpaired) electrons. The molecule has 0 spiro atoms. The van der Waals surface area contributed by atoms with Gasteiger partial charge in [-0.25, -0.2) is 0 Å².